The first-order valence-corrected chi connectivity index (χ1v) is 40.3. The fraction of sp³-hybridized carbons (Fsp3) is 0.627. The van der Waals surface area contributed by atoms with E-state index in [1.54, 1.807) is 4.90 Å². The SMILES string of the molecule is CC(C)(C)[Si](C)(C)Cl.CC(C)(C)[Si](C)(C)O[C@H]1CCNC1=O.Cc1ccc(CBr)cc1.Cc1ccc(CN2CC[C@H](OS(C)(=O)=O)C2=O)cc1.Cc1ccc(CN2CC[C@H](O[Si](C)(C)C(C)(C)C)C2=O)cc1.O=C1NCC[C@@H]1O.[H-].[Na+]. The normalized spacial score (nSPS) is 19.5. The van der Waals surface area contributed by atoms with E-state index in [9.17, 15) is 27.6 Å². The minimum Gasteiger partial charge on any atom is -1.00 e. The van der Waals surface area contributed by atoms with Crippen LogP contribution in [0.2, 0.25) is 54.4 Å². The molecule has 3 N–H and O–H groups in total. The number of amides is 4. The number of alkyl halides is 1. The summed E-state index contributed by atoms with van der Waals surface area (Å²) in [4.78, 5) is 49.7. The number of aryl methyl sites for hydroxylation is 3. The second-order valence-electron chi connectivity index (χ2n) is 25.6. The number of aliphatic hydroxyl groups is 1. The number of rotatable bonds is 11. The molecule has 4 amide bonds. The van der Waals surface area contributed by atoms with Crippen molar-refractivity contribution in [2.75, 3.05) is 32.4 Å². The first kappa shape index (κ1) is 75.8. The quantitative estimate of drug-likeness (QED) is 0.0725. The van der Waals surface area contributed by atoms with Crippen molar-refractivity contribution in [1.29, 1.82) is 0 Å². The summed E-state index contributed by atoms with van der Waals surface area (Å²) in [6, 6.07) is 24.8. The van der Waals surface area contributed by atoms with Crippen LogP contribution < -0.4 is 40.2 Å². The fourth-order valence-electron chi connectivity index (χ4n) is 6.98. The van der Waals surface area contributed by atoms with Gasteiger partial charge in [-0.15, -0.1) is 0 Å². The van der Waals surface area contributed by atoms with E-state index in [0.29, 0.717) is 44.1 Å². The van der Waals surface area contributed by atoms with Crippen LogP contribution in [-0.4, -0.2) is 128 Å². The van der Waals surface area contributed by atoms with Crippen LogP contribution in [0.15, 0.2) is 72.8 Å². The number of nitrogens with zero attached hydrogens (tertiary/aromatic N) is 2. The first-order valence-electron chi connectivity index (χ1n) is 27.5. The second kappa shape index (κ2) is 32.9. The summed E-state index contributed by atoms with van der Waals surface area (Å²) in [5.74, 6) is -0.272. The Balaban J connectivity index is 0.000000989. The Bertz CT molecular complexity index is 2510. The van der Waals surface area contributed by atoms with Gasteiger partial charge in [0.1, 0.15) is 18.3 Å². The van der Waals surface area contributed by atoms with E-state index in [1.165, 1.54) is 22.3 Å². The maximum Gasteiger partial charge on any atom is 1.00 e. The zero-order valence-corrected chi connectivity index (χ0v) is 60.4. The second-order valence-corrected chi connectivity index (χ2v) is 44.6. The van der Waals surface area contributed by atoms with Crippen LogP contribution >= 0.6 is 27.0 Å². The molecule has 0 unspecified atom stereocenters. The summed E-state index contributed by atoms with van der Waals surface area (Å²) in [6.07, 6.45) is 1.55. The molecule has 4 saturated heterocycles. The first-order chi connectivity index (χ1) is 36.1. The van der Waals surface area contributed by atoms with Crippen LogP contribution in [0.5, 0.6) is 0 Å². The molecule has 0 aromatic heterocycles. The van der Waals surface area contributed by atoms with E-state index in [4.69, 9.17) is 29.2 Å². The van der Waals surface area contributed by atoms with Crippen molar-refractivity contribution in [3.8, 4) is 0 Å². The van der Waals surface area contributed by atoms with Gasteiger partial charge in [-0.1, -0.05) is 181 Å². The molecule has 7 rings (SSSR count). The van der Waals surface area contributed by atoms with Crippen molar-refractivity contribution in [1.82, 2.24) is 20.4 Å². The van der Waals surface area contributed by atoms with E-state index in [0.717, 1.165) is 48.6 Å². The molecule has 0 radical (unpaired) electrons. The molecule has 21 heteroatoms. The van der Waals surface area contributed by atoms with Crippen LogP contribution in [0.3, 0.4) is 0 Å². The number of aliphatic hydroxyl groups excluding tert-OH is 1. The molecule has 0 spiro atoms. The van der Waals surface area contributed by atoms with Gasteiger partial charge in [-0.05, 0) is 98.0 Å². The predicted molar refractivity (Wildman–Crippen MR) is 336 cm³/mol. The van der Waals surface area contributed by atoms with Crippen molar-refractivity contribution in [3.63, 3.8) is 0 Å². The van der Waals surface area contributed by atoms with Gasteiger partial charge in [0.2, 0.25) is 11.8 Å². The summed E-state index contributed by atoms with van der Waals surface area (Å²) in [7, 11) is -8.64. The molecule has 0 saturated carbocycles. The Morgan fingerprint density at radius 1 is 0.588 bits per heavy atom. The third-order valence-electron chi connectivity index (χ3n) is 15.3. The summed E-state index contributed by atoms with van der Waals surface area (Å²) < 4.78 is 39.2. The van der Waals surface area contributed by atoms with Gasteiger partial charge in [-0.2, -0.15) is 19.5 Å². The maximum atomic E-state index is 12.6. The van der Waals surface area contributed by atoms with Crippen molar-refractivity contribution >= 4 is 84.8 Å². The summed E-state index contributed by atoms with van der Waals surface area (Å²) >= 11 is 9.53. The molecule has 14 nitrogen and oxygen atoms in total. The van der Waals surface area contributed by atoms with E-state index >= 15 is 0 Å². The molecule has 0 aliphatic carbocycles. The van der Waals surface area contributed by atoms with Gasteiger partial charge in [0.05, 0.1) is 6.26 Å². The summed E-state index contributed by atoms with van der Waals surface area (Å²) in [5.41, 5.74) is 7.27. The van der Waals surface area contributed by atoms with Gasteiger partial charge in [-0.3, -0.25) is 23.4 Å². The van der Waals surface area contributed by atoms with Crippen LogP contribution in [0, 0.1) is 20.8 Å². The van der Waals surface area contributed by atoms with Gasteiger partial charge >= 0.3 is 29.6 Å². The maximum absolute atomic E-state index is 12.6. The monoisotopic (exact) mass is 1280 g/mol. The average Bonchev–Trinajstić information content (AvgIpc) is 4.09. The zero-order chi connectivity index (χ0) is 60.5. The molecular weight excluding hydrogens is 1180 g/mol. The van der Waals surface area contributed by atoms with E-state index in [1.807, 2.05) is 36.1 Å². The number of benzene rings is 3. The van der Waals surface area contributed by atoms with Crippen LogP contribution in [-0.2, 0) is 60.8 Å². The fourth-order valence-corrected chi connectivity index (χ4v) is 10.5. The number of carbonyl (C=O) groups excluding carboxylic acids is 4. The molecule has 4 heterocycles. The molecule has 4 aliphatic rings. The zero-order valence-electron chi connectivity index (χ0n) is 53.2. The van der Waals surface area contributed by atoms with Crippen molar-refractivity contribution in [2.45, 2.75) is 206 Å². The third kappa shape index (κ3) is 26.8. The Labute approximate surface area is 522 Å². The van der Waals surface area contributed by atoms with E-state index < -0.39 is 46.3 Å². The van der Waals surface area contributed by atoms with Crippen LogP contribution in [0.25, 0.3) is 0 Å². The Morgan fingerprint density at radius 3 is 1.21 bits per heavy atom. The molecule has 3 aromatic rings. The number of carbonyl (C=O) groups is 4. The average molecular weight is 1280 g/mol. The number of nitrogens with one attached hydrogen (secondary N) is 2. The molecule has 4 fully saturated rings. The molecule has 448 valence electrons. The van der Waals surface area contributed by atoms with E-state index in [2.05, 4.69) is 191 Å². The number of hydrogen-bond acceptors (Lipinski definition) is 10. The Hall–Kier alpha value is -2.25. The van der Waals surface area contributed by atoms with Crippen molar-refractivity contribution in [2.24, 2.45) is 0 Å². The van der Waals surface area contributed by atoms with Gasteiger partial charge in [0, 0.05) is 51.0 Å². The summed E-state index contributed by atoms with van der Waals surface area (Å²) in [6.45, 7) is 43.0. The van der Waals surface area contributed by atoms with Crippen molar-refractivity contribution < 1.29 is 76.7 Å². The van der Waals surface area contributed by atoms with Gasteiger partial charge < -0.3 is 35.8 Å². The van der Waals surface area contributed by atoms with Gasteiger partial charge in [0.15, 0.2) is 30.1 Å². The largest absolute Gasteiger partial charge is 1.00 e. The number of likely N-dealkylation sites (tertiary alicyclic amines) is 2. The molecule has 4 atom stereocenters. The molecule has 80 heavy (non-hydrogen) atoms. The third-order valence-corrected chi connectivity index (χ3v) is 30.8. The topological polar surface area (TPSA) is 181 Å². The minimum absolute atomic E-state index is 0. The van der Waals surface area contributed by atoms with Gasteiger partial charge in [0.25, 0.3) is 21.9 Å². The minimum atomic E-state index is -3.59. The Kier molecular flexibility index (Phi) is 31.1. The van der Waals surface area contributed by atoms with Crippen molar-refractivity contribution in [3.05, 3.63) is 106 Å². The molecule has 0 bridgehead atoms. The predicted octanol–water partition coefficient (Wildman–Crippen LogP) is 9.19. The van der Waals surface area contributed by atoms with E-state index in [-0.39, 0.29) is 76.9 Å². The van der Waals surface area contributed by atoms with Gasteiger partial charge in [-0.25, -0.2) is 0 Å². The standard InChI is InChI=1S/C18H29NO2Si.C13H17NO4S.C10H21NO2Si.C8H9Br.C6H15ClSi.C4H7NO2.Na.H/c1-14-7-9-15(10-8-14)13-19-12-11-16(17(19)20)21-22(5,6)18(2,3)4;1-10-3-5-11(6-4-10)9-14-8-7-12(13(14)15)18-19(2,16)17;1-10(2,3)14(4,5)13-8-6-7-11-9(8)12;1-7-2-4-8(6-9)5-3-7;1-6(2,3)8(4,5)7;6-3-1-2-5-4(3)7;;/h7-10,16H,11-13H2,1-6H3;3-6,12H,7-9H2,1-2H3;8H,6-7H2,1-5H3,(H,11,12);2-5H,6H2,1H3;1-5H3;3,6H,1-2H2,(H,5,7);;/q;;;;;;+1;-1/t16-;12-;8-;;;3-;;/m000..0../s1. The number of hydrogen-bond donors (Lipinski definition) is 3. The summed E-state index contributed by atoms with van der Waals surface area (Å²) in [5, 5.41) is 15.5. The smallest absolute Gasteiger partial charge is 1.00 e. The van der Waals surface area contributed by atoms with Crippen LogP contribution in [0.4, 0.5) is 0 Å². The van der Waals surface area contributed by atoms with Crippen LogP contribution in [0.1, 0.15) is 123 Å². The molecular formula is C59H99BrClN4NaO10SSi3. The Morgan fingerprint density at radius 2 is 0.925 bits per heavy atom. The molecule has 4 aliphatic heterocycles. The molecule has 3 aromatic carbocycles. The number of halogens is 2.